The summed E-state index contributed by atoms with van der Waals surface area (Å²) in [7, 11) is 0. The van der Waals surface area contributed by atoms with Crippen molar-refractivity contribution in [3.63, 3.8) is 0 Å². The molecular formula is C11H15ClN2O. The van der Waals surface area contributed by atoms with Gasteiger partial charge in [-0.2, -0.15) is 0 Å². The number of aliphatic hydroxyl groups excluding tert-OH is 1. The number of anilines is 1. The third-order valence-corrected chi connectivity index (χ3v) is 3.11. The van der Waals surface area contributed by atoms with Gasteiger partial charge in [0.1, 0.15) is 0 Å². The van der Waals surface area contributed by atoms with Crippen LogP contribution in [-0.2, 0) is 0 Å². The van der Waals surface area contributed by atoms with Crippen molar-refractivity contribution in [2.24, 2.45) is 5.73 Å². The molecule has 1 aromatic carbocycles. The van der Waals surface area contributed by atoms with Gasteiger partial charge < -0.3 is 15.7 Å². The number of hydrogen-bond acceptors (Lipinski definition) is 3. The van der Waals surface area contributed by atoms with Gasteiger partial charge in [0.15, 0.2) is 0 Å². The van der Waals surface area contributed by atoms with E-state index in [-0.39, 0.29) is 6.61 Å². The lowest BCUT2D eigenvalue weighted by Gasteiger charge is -2.23. The van der Waals surface area contributed by atoms with Crippen LogP contribution in [0.25, 0.3) is 0 Å². The maximum atomic E-state index is 9.17. The van der Waals surface area contributed by atoms with Crippen LogP contribution < -0.4 is 10.6 Å². The van der Waals surface area contributed by atoms with Crippen molar-refractivity contribution in [3.05, 3.63) is 29.3 Å². The number of aliphatic hydroxyl groups is 1. The van der Waals surface area contributed by atoms with Gasteiger partial charge in [-0.25, -0.2) is 0 Å². The van der Waals surface area contributed by atoms with Gasteiger partial charge in [0.2, 0.25) is 0 Å². The van der Waals surface area contributed by atoms with Crippen LogP contribution in [0.1, 0.15) is 6.42 Å². The van der Waals surface area contributed by atoms with E-state index in [1.807, 2.05) is 24.3 Å². The summed E-state index contributed by atoms with van der Waals surface area (Å²) in [5.74, 6) is 0. The second-order valence-corrected chi connectivity index (χ2v) is 4.61. The maximum Gasteiger partial charge on any atom is 0.0629 e. The Morgan fingerprint density at radius 2 is 2.33 bits per heavy atom. The van der Waals surface area contributed by atoms with Crippen LogP contribution in [0.4, 0.5) is 5.69 Å². The summed E-state index contributed by atoms with van der Waals surface area (Å²) < 4.78 is 0. The molecule has 1 saturated heterocycles. The first-order valence-electron chi connectivity index (χ1n) is 5.03. The number of benzene rings is 1. The minimum absolute atomic E-state index is 0.0318. The van der Waals surface area contributed by atoms with Gasteiger partial charge in [0, 0.05) is 23.8 Å². The fraction of sp³-hybridized carbons (Fsp3) is 0.455. The highest BCUT2D eigenvalue weighted by atomic mass is 35.5. The standard InChI is InChI=1S/C11H15ClN2O/c12-9-2-1-3-10(6-9)14-5-4-11(13,7-14)8-15/h1-3,6,15H,4-5,7-8,13H2. The highest BCUT2D eigenvalue weighted by Crippen LogP contribution is 2.26. The van der Waals surface area contributed by atoms with Crippen LogP contribution in [0.5, 0.6) is 0 Å². The highest BCUT2D eigenvalue weighted by Gasteiger charge is 2.33. The topological polar surface area (TPSA) is 49.5 Å². The van der Waals surface area contributed by atoms with Crippen molar-refractivity contribution in [1.29, 1.82) is 0 Å². The van der Waals surface area contributed by atoms with Gasteiger partial charge in [-0.1, -0.05) is 17.7 Å². The Hall–Kier alpha value is -0.770. The van der Waals surface area contributed by atoms with Crippen molar-refractivity contribution in [1.82, 2.24) is 0 Å². The minimum atomic E-state index is -0.456. The Balaban J connectivity index is 2.14. The molecule has 15 heavy (non-hydrogen) atoms. The van der Waals surface area contributed by atoms with E-state index in [4.69, 9.17) is 22.4 Å². The molecule has 3 N–H and O–H groups in total. The van der Waals surface area contributed by atoms with Gasteiger partial charge in [-0.3, -0.25) is 0 Å². The predicted octanol–water partition coefficient (Wildman–Crippen LogP) is 1.24. The van der Waals surface area contributed by atoms with Crippen LogP contribution in [0, 0.1) is 0 Å². The van der Waals surface area contributed by atoms with Gasteiger partial charge in [-0.05, 0) is 24.6 Å². The first kappa shape index (κ1) is 10.7. The molecule has 1 fully saturated rings. The minimum Gasteiger partial charge on any atom is -0.394 e. The van der Waals surface area contributed by atoms with Crippen LogP contribution in [0.3, 0.4) is 0 Å². The summed E-state index contributed by atoms with van der Waals surface area (Å²) in [5, 5.41) is 9.89. The van der Waals surface area contributed by atoms with Gasteiger partial charge in [-0.15, -0.1) is 0 Å². The SMILES string of the molecule is NC1(CO)CCN(c2cccc(Cl)c2)C1. The van der Waals surface area contributed by atoms with E-state index in [9.17, 15) is 0 Å². The zero-order chi connectivity index (χ0) is 10.9. The molecule has 0 bridgehead atoms. The lowest BCUT2D eigenvalue weighted by Crippen LogP contribution is -2.46. The molecule has 82 valence electrons. The van der Waals surface area contributed by atoms with E-state index < -0.39 is 5.54 Å². The van der Waals surface area contributed by atoms with Crippen molar-refractivity contribution >= 4 is 17.3 Å². The van der Waals surface area contributed by atoms with Crippen LogP contribution in [-0.4, -0.2) is 30.3 Å². The summed E-state index contributed by atoms with van der Waals surface area (Å²) >= 11 is 5.92. The Labute approximate surface area is 94.4 Å². The number of rotatable bonds is 2. The van der Waals surface area contributed by atoms with Crippen LogP contribution in [0.2, 0.25) is 5.02 Å². The van der Waals surface area contributed by atoms with Gasteiger partial charge >= 0.3 is 0 Å². The highest BCUT2D eigenvalue weighted by molar-refractivity contribution is 6.30. The Morgan fingerprint density at radius 3 is 2.93 bits per heavy atom. The Morgan fingerprint density at radius 1 is 1.53 bits per heavy atom. The van der Waals surface area contributed by atoms with E-state index >= 15 is 0 Å². The quantitative estimate of drug-likeness (QED) is 0.798. The third kappa shape index (κ3) is 2.25. The largest absolute Gasteiger partial charge is 0.394 e. The molecule has 1 atom stereocenters. The number of nitrogens with two attached hydrogens (primary N) is 1. The first-order chi connectivity index (χ1) is 7.13. The molecule has 0 aromatic heterocycles. The predicted molar refractivity (Wildman–Crippen MR) is 62.3 cm³/mol. The van der Waals surface area contributed by atoms with Gasteiger partial charge in [0.05, 0.1) is 12.1 Å². The smallest absolute Gasteiger partial charge is 0.0629 e. The lowest BCUT2D eigenvalue weighted by atomic mass is 10.0. The summed E-state index contributed by atoms with van der Waals surface area (Å²) in [6.45, 7) is 1.59. The van der Waals surface area contributed by atoms with E-state index in [0.717, 1.165) is 23.7 Å². The van der Waals surface area contributed by atoms with Crippen molar-refractivity contribution in [2.75, 3.05) is 24.6 Å². The fourth-order valence-electron chi connectivity index (χ4n) is 1.92. The number of hydrogen-bond donors (Lipinski definition) is 2. The zero-order valence-corrected chi connectivity index (χ0v) is 9.24. The Kier molecular flexibility index (Phi) is 2.87. The summed E-state index contributed by atoms with van der Waals surface area (Å²) in [5.41, 5.74) is 6.62. The monoisotopic (exact) mass is 226 g/mol. The fourth-order valence-corrected chi connectivity index (χ4v) is 2.10. The lowest BCUT2D eigenvalue weighted by molar-refractivity contribution is 0.210. The average Bonchev–Trinajstić information content (AvgIpc) is 2.62. The van der Waals surface area contributed by atoms with Crippen molar-refractivity contribution in [3.8, 4) is 0 Å². The second-order valence-electron chi connectivity index (χ2n) is 4.17. The van der Waals surface area contributed by atoms with E-state index in [2.05, 4.69) is 4.90 Å². The molecule has 4 heteroatoms. The molecule has 1 aliphatic heterocycles. The maximum absolute atomic E-state index is 9.17. The van der Waals surface area contributed by atoms with E-state index in [0.29, 0.717) is 6.54 Å². The molecule has 1 aromatic rings. The molecule has 0 spiro atoms. The van der Waals surface area contributed by atoms with E-state index in [1.54, 1.807) is 0 Å². The summed E-state index contributed by atoms with van der Waals surface area (Å²) in [6.07, 6.45) is 0.815. The summed E-state index contributed by atoms with van der Waals surface area (Å²) in [4.78, 5) is 2.15. The molecule has 3 nitrogen and oxygen atoms in total. The Bertz CT molecular complexity index is 358. The molecule has 2 rings (SSSR count). The molecule has 1 heterocycles. The van der Waals surface area contributed by atoms with E-state index in [1.165, 1.54) is 0 Å². The number of nitrogens with zero attached hydrogens (tertiary/aromatic N) is 1. The molecule has 0 amide bonds. The molecule has 0 saturated carbocycles. The van der Waals surface area contributed by atoms with Crippen molar-refractivity contribution < 1.29 is 5.11 Å². The molecule has 0 aliphatic carbocycles. The average molecular weight is 227 g/mol. The number of halogens is 1. The first-order valence-corrected chi connectivity index (χ1v) is 5.41. The molecular weight excluding hydrogens is 212 g/mol. The normalized spacial score (nSPS) is 25.9. The molecule has 1 aliphatic rings. The van der Waals surface area contributed by atoms with Crippen molar-refractivity contribution in [2.45, 2.75) is 12.0 Å². The van der Waals surface area contributed by atoms with Crippen LogP contribution >= 0.6 is 11.6 Å². The second kappa shape index (κ2) is 4.00. The molecule has 0 radical (unpaired) electrons. The van der Waals surface area contributed by atoms with Gasteiger partial charge in [0.25, 0.3) is 0 Å². The zero-order valence-electron chi connectivity index (χ0n) is 8.49. The summed E-state index contributed by atoms with van der Waals surface area (Å²) in [6, 6.07) is 7.70. The third-order valence-electron chi connectivity index (χ3n) is 2.87. The molecule has 1 unspecified atom stereocenters. The van der Waals surface area contributed by atoms with Crippen LogP contribution in [0.15, 0.2) is 24.3 Å².